The van der Waals surface area contributed by atoms with Gasteiger partial charge in [-0.05, 0) is 49.8 Å². The van der Waals surface area contributed by atoms with Gasteiger partial charge in [0.05, 0.1) is 6.61 Å². The lowest BCUT2D eigenvalue weighted by Gasteiger charge is -2.29. The molecule has 0 saturated heterocycles. The summed E-state index contributed by atoms with van der Waals surface area (Å²) in [6.07, 6.45) is 6.37. The van der Waals surface area contributed by atoms with Crippen LogP contribution < -0.4 is 4.74 Å². The van der Waals surface area contributed by atoms with Crippen LogP contribution in [0.15, 0.2) is 24.3 Å². The lowest BCUT2D eigenvalue weighted by molar-refractivity contribution is -0.154. The number of ether oxygens (including phenoxy) is 2. The molecule has 0 aromatic heterocycles. The van der Waals surface area contributed by atoms with Crippen LogP contribution in [0.5, 0.6) is 5.75 Å². The minimum atomic E-state index is -0.468. The van der Waals surface area contributed by atoms with E-state index in [0.29, 0.717) is 12.5 Å². The molecule has 0 amide bonds. The van der Waals surface area contributed by atoms with E-state index in [1.165, 1.54) is 24.8 Å². The standard InChI is InChI=1S/C20H30O3/c1-4-15(3)16-11-13-18(14-12-16)23-19(20(21)22-5-2)17-9-7-6-8-10-17/h11-15,17,19H,4-10H2,1-3H3. The number of carbonyl (C=O) groups is 1. The first kappa shape index (κ1) is 17.8. The predicted octanol–water partition coefficient (Wildman–Crippen LogP) is 5.09. The van der Waals surface area contributed by atoms with E-state index in [4.69, 9.17) is 9.47 Å². The summed E-state index contributed by atoms with van der Waals surface area (Å²) in [4.78, 5) is 12.3. The molecule has 0 heterocycles. The molecule has 0 N–H and O–H groups in total. The summed E-state index contributed by atoms with van der Waals surface area (Å²) >= 11 is 0. The quantitative estimate of drug-likeness (QED) is 0.657. The van der Waals surface area contributed by atoms with Crippen LogP contribution in [0, 0.1) is 5.92 Å². The smallest absolute Gasteiger partial charge is 0.347 e. The van der Waals surface area contributed by atoms with Crippen molar-refractivity contribution in [2.24, 2.45) is 5.92 Å². The fraction of sp³-hybridized carbons (Fsp3) is 0.650. The van der Waals surface area contributed by atoms with Gasteiger partial charge in [-0.3, -0.25) is 0 Å². The van der Waals surface area contributed by atoms with Crippen LogP contribution in [0.25, 0.3) is 0 Å². The first-order chi connectivity index (χ1) is 11.2. The van der Waals surface area contributed by atoms with E-state index >= 15 is 0 Å². The zero-order chi connectivity index (χ0) is 16.7. The summed E-state index contributed by atoms with van der Waals surface area (Å²) in [5.41, 5.74) is 1.31. The number of hydrogen-bond donors (Lipinski definition) is 0. The average Bonchev–Trinajstić information content (AvgIpc) is 2.60. The third-order valence-corrected chi connectivity index (χ3v) is 4.92. The second-order valence-electron chi connectivity index (χ2n) is 6.57. The van der Waals surface area contributed by atoms with E-state index in [0.717, 1.165) is 25.0 Å². The largest absolute Gasteiger partial charge is 0.478 e. The first-order valence-corrected chi connectivity index (χ1v) is 9.09. The third-order valence-electron chi connectivity index (χ3n) is 4.92. The molecule has 1 aromatic rings. The molecule has 3 nitrogen and oxygen atoms in total. The Labute approximate surface area is 140 Å². The highest BCUT2D eigenvalue weighted by atomic mass is 16.6. The monoisotopic (exact) mass is 318 g/mol. The molecule has 2 rings (SSSR count). The molecule has 0 aliphatic heterocycles. The van der Waals surface area contributed by atoms with E-state index in [2.05, 4.69) is 26.0 Å². The Balaban J connectivity index is 2.08. The molecule has 0 bridgehead atoms. The molecule has 1 aliphatic rings. The van der Waals surface area contributed by atoms with Crippen molar-refractivity contribution in [2.45, 2.75) is 71.3 Å². The number of carbonyl (C=O) groups excluding carboxylic acids is 1. The maximum atomic E-state index is 12.3. The highest BCUT2D eigenvalue weighted by Gasteiger charge is 2.32. The van der Waals surface area contributed by atoms with Gasteiger partial charge in [-0.15, -0.1) is 0 Å². The van der Waals surface area contributed by atoms with Crippen molar-refractivity contribution in [1.29, 1.82) is 0 Å². The van der Waals surface area contributed by atoms with Gasteiger partial charge in [-0.2, -0.15) is 0 Å². The van der Waals surface area contributed by atoms with Gasteiger partial charge in [0, 0.05) is 5.92 Å². The maximum absolute atomic E-state index is 12.3. The summed E-state index contributed by atoms with van der Waals surface area (Å²) in [7, 11) is 0. The Morgan fingerprint density at radius 1 is 1.13 bits per heavy atom. The van der Waals surface area contributed by atoms with E-state index < -0.39 is 6.10 Å². The fourth-order valence-electron chi connectivity index (χ4n) is 3.26. The van der Waals surface area contributed by atoms with Gasteiger partial charge in [-0.1, -0.05) is 45.2 Å². The lowest BCUT2D eigenvalue weighted by atomic mass is 9.85. The van der Waals surface area contributed by atoms with Crippen molar-refractivity contribution in [2.75, 3.05) is 6.61 Å². The van der Waals surface area contributed by atoms with Crippen molar-refractivity contribution in [1.82, 2.24) is 0 Å². The Kier molecular flexibility index (Phi) is 6.94. The summed E-state index contributed by atoms with van der Waals surface area (Å²) in [6, 6.07) is 8.17. The van der Waals surface area contributed by atoms with Crippen LogP contribution in [0.1, 0.15) is 70.8 Å². The zero-order valence-corrected chi connectivity index (χ0v) is 14.7. The predicted molar refractivity (Wildman–Crippen MR) is 92.8 cm³/mol. The van der Waals surface area contributed by atoms with Crippen LogP contribution in [0.4, 0.5) is 0 Å². The van der Waals surface area contributed by atoms with E-state index in [-0.39, 0.29) is 11.9 Å². The Morgan fingerprint density at radius 2 is 1.78 bits per heavy atom. The first-order valence-electron chi connectivity index (χ1n) is 9.09. The highest BCUT2D eigenvalue weighted by Crippen LogP contribution is 2.30. The van der Waals surface area contributed by atoms with E-state index in [1.54, 1.807) is 0 Å². The number of hydrogen-bond acceptors (Lipinski definition) is 3. The van der Waals surface area contributed by atoms with Gasteiger partial charge in [-0.25, -0.2) is 4.79 Å². The molecule has 1 aromatic carbocycles. The molecule has 2 atom stereocenters. The molecular formula is C20H30O3. The molecule has 2 unspecified atom stereocenters. The third kappa shape index (κ3) is 4.98. The van der Waals surface area contributed by atoms with Crippen molar-refractivity contribution >= 4 is 5.97 Å². The lowest BCUT2D eigenvalue weighted by Crippen LogP contribution is -2.37. The molecule has 1 saturated carbocycles. The summed E-state index contributed by atoms with van der Waals surface area (Å²) in [5, 5.41) is 0. The average molecular weight is 318 g/mol. The van der Waals surface area contributed by atoms with Gasteiger partial charge < -0.3 is 9.47 Å². The van der Waals surface area contributed by atoms with Crippen LogP contribution in [-0.2, 0) is 9.53 Å². The minimum Gasteiger partial charge on any atom is -0.478 e. The number of benzene rings is 1. The van der Waals surface area contributed by atoms with Crippen molar-refractivity contribution in [3.8, 4) is 5.75 Å². The molecule has 0 spiro atoms. The van der Waals surface area contributed by atoms with E-state index in [1.807, 2.05) is 19.1 Å². The summed E-state index contributed by atoms with van der Waals surface area (Å²) < 4.78 is 11.3. The Hall–Kier alpha value is -1.51. The van der Waals surface area contributed by atoms with Crippen LogP contribution in [0.3, 0.4) is 0 Å². The Bertz CT molecular complexity index is 474. The van der Waals surface area contributed by atoms with E-state index in [9.17, 15) is 4.79 Å². The molecule has 0 radical (unpaired) electrons. The topological polar surface area (TPSA) is 35.5 Å². The van der Waals surface area contributed by atoms with Crippen LogP contribution in [-0.4, -0.2) is 18.7 Å². The number of rotatable bonds is 7. The maximum Gasteiger partial charge on any atom is 0.347 e. The van der Waals surface area contributed by atoms with Gasteiger partial charge in [0.15, 0.2) is 6.10 Å². The van der Waals surface area contributed by atoms with Gasteiger partial charge in [0.1, 0.15) is 5.75 Å². The second-order valence-corrected chi connectivity index (χ2v) is 6.57. The Morgan fingerprint density at radius 3 is 2.35 bits per heavy atom. The van der Waals surface area contributed by atoms with Crippen LogP contribution in [0.2, 0.25) is 0 Å². The molecule has 128 valence electrons. The summed E-state index contributed by atoms with van der Waals surface area (Å²) in [5.74, 6) is 1.37. The molecule has 3 heteroatoms. The van der Waals surface area contributed by atoms with Gasteiger partial charge >= 0.3 is 5.97 Å². The second kappa shape index (κ2) is 8.95. The molecule has 23 heavy (non-hydrogen) atoms. The van der Waals surface area contributed by atoms with Crippen molar-refractivity contribution < 1.29 is 14.3 Å². The molecule has 1 fully saturated rings. The minimum absolute atomic E-state index is 0.217. The van der Waals surface area contributed by atoms with Crippen LogP contribution >= 0.6 is 0 Å². The fourth-order valence-corrected chi connectivity index (χ4v) is 3.26. The molecule has 1 aliphatic carbocycles. The van der Waals surface area contributed by atoms with Crippen molar-refractivity contribution in [3.05, 3.63) is 29.8 Å². The van der Waals surface area contributed by atoms with Gasteiger partial charge in [0.2, 0.25) is 0 Å². The van der Waals surface area contributed by atoms with Crippen molar-refractivity contribution in [3.63, 3.8) is 0 Å². The normalized spacial score (nSPS) is 18.2. The number of esters is 1. The van der Waals surface area contributed by atoms with Gasteiger partial charge in [0.25, 0.3) is 0 Å². The summed E-state index contributed by atoms with van der Waals surface area (Å²) in [6.45, 7) is 6.66. The SMILES string of the molecule is CCOC(=O)C(Oc1ccc(C(C)CC)cc1)C1CCCCC1. The zero-order valence-electron chi connectivity index (χ0n) is 14.7. The highest BCUT2D eigenvalue weighted by molar-refractivity contribution is 5.75. The molecular weight excluding hydrogens is 288 g/mol.